The number of ether oxygens (including phenoxy) is 2. The van der Waals surface area contributed by atoms with Crippen molar-refractivity contribution in [1.29, 1.82) is 0 Å². The lowest BCUT2D eigenvalue weighted by Crippen LogP contribution is -1.99. The Bertz CT molecular complexity index is 656. The highest BCUT2D eigenvalue weighted by atomic mass is 32.1. The number of thiophene rings is 1. The fraction of sp³-hybridized carbons (Fsp3) is 0.267. The quantitative estimate of drug-likeness (QED) is 0.886. The van der Waals surface area contributed by atoms with E-state index in [1.54, 1.807) is 20.3 Å². The van der Waals surface area contributed by atoms with Gasteiger partial charge in [-0.1, -0.05) is 6.92 Å². The van der Waals surface area contributed by atoms with E-state index in [0.717, 1.165) is 16.0 Å². The molecule has 1 aromatic carbocycles. The Morgan fingerprint density at radius 2 is 1.81 bits per heavy atom. The molecule has 1 aromatic heterocycles. The maximum atomic E-state index is 11.3. The molecule has 1 heterocycles. The van der Waals surface area contributed by atoms with Crippen LogP contribution < -0.4 is 15.2 Å². The van der Waals surface area contributed by atoms with Gasteiger partial charge in [-0.3, -0.25) is 0 Å². The third-order valence-electron chi connectivity index (χ3n) is 3.21. The van der Waals surface area contributed by atoms with Crippen LogP contribution in [0, 0.1) is 0 Å². The number of aromatic carboxylic acids is 1. The molecular weight excluding hydrogens is 290 g/mol. The number of carboxylic acid groups (broad SMARTS) is 1. The van der Waals surface area contributed by atoms with Gasteiger partial charge in [-0.05, 0) is 29.7 Å². The van der Waals surface area contributed by atoms with Gasteiger partial charge in [0.25, 0.3) is 0 Å². The second kappa shape index (κ2) is 6.05. The average Bonchev–Trinajstić information content (AvgIpc) is 2.83. The summed E-state index contributed by atoms with van der Waals surface area (Å²) in [5.41, 5.74) is 7.98. The summed E-state index contributed by atoms with van der Waals surface area (Å²) in [6.45, 7) is 1.95. The number of hydrogen-bond donors (Lipinski definition) is 2. The van der Waals surface area contributed by atoms with Gasteiger partial charge < -0.3 is 20.3 Å². The minimum Gasteiger partial charge on any atom is -0.497 e. The van der Waals surface area contributed by atoms with Gasteiger partial charge in [0.15, 0.2) is 0 Å². The molecule has 0 saturated heterocycles. The first-order valence-corrected chi connectivity index (χ1v) is 7.21. The van der Waals surface area contributed by atoms with Gasteiger partial charge in [-0.25, -0.2) is 4.79 Å². The molecule has 2 aromatic rings. The van der Waals surface area contributed by atoms with Crippen molar-refractivity contribution in [3.63, 3.8) is 0 Å². The SMILES string of the molecule is CCc1c(-c2cc(OC)cc(OC)c2)sc(C(=O)O)c1N. The van der Waals surface area contributed by atoms with Crippen LogP contribution in [0.2, 0.25) is 0 Å². The molecule has 5 nitrogen and oxygen atoms in total. The van der Waals surface area contributed by atoms with Gasteiger partial charge in [0.2, 0.25) is 0 Å². The molecule has 0 spiro atoms. The number of carbonyl (C=O) groups is 1. The Hall–Kier alpha value is -2.21. The van der Waals surface area contributed by atoms with Crippen LogP contribution in [-0.2, 0) is 6.42 Å². The number of hydrogen-bond acceptors (Lipinski definition) is 5. The molecule has 0 bridgehead atoms. The first-order chi connectivity index (χ1) is 10.0. The highest BCUT2D eigenvalue weighted by Crippen LogP contribution is 2.41. The minimum absolute atomic E-state index is 0.170. The summed E-state index contributed by atoms with van der Waals surface area (Å²) in [5, 5.41) is 9.23. The average molecular weight is 307 g/mol. The summed E-state index contributed by atoms with van der Waals surface area (Å²) in [5.74, 6) is 0.291. The van der Waals surface area contributed by atoms with Crippen LogP contribution >= 0.6 is 11.3 Å². The monoisotopic (exact) mass is 307 g/mol. The van der Waals surface area contributed by atoms with E-state index in [0.29, 0.717) is 23.6 Å². The van der Waals surface area contributed by atoms with E-state index < -0.39 is 5.97 Å². The van der Waals surface area contributed by atoms with E-state index in [2.05, 4.69) is 0 Å². The highest BCUT2D eigenvalue weighted by molar-refractivity contribution is 7.18. The predicted octanol–water partition coefficient (Wildman–Crippen LogP) is 3.28. The molecule has 0 fully saturated rings. The fourth-order valence-corrected chi connectivity index (χ4v) is 3.30. The molecule has 3 N–H and O–H groups in total. The van der Waals surface area contributed by atoms with Gasteiger partial charge in [-0.15, -0.1) is 11.3 Å². The van der Waals surface area contributed by atoms with E-state index in [1.165, 1.54) is 11.3 Å². The van der Waals surface area contributed by atoms with Crippen molar-refractivity contribution in [2.45, 2.75) is 13.3 Å². The Morgan fingerprint density at radius 3 is 2.24 bits per heavy atom. The Balaban J connectivity index is 2.66. The largest absolute Gasteiger partial charge is 0.497 e. The standard InChI is InChI=1S/C15H17NO4S/c1-4-11-12(16)14(15(17)18)21-13(11)8-5-9(19-2)7-10(6-8)20-3/h5-7H,4,16H2,1-3H3,(H,17,18). The van der Waals surface area contributed by atoms with Crippen LogP contribution in [0.3, 0.4) is 0 Å². The lowest BCUT2D eigenvalue weighted by molar-refractivity contribution is 0.0703. The summed E-state index contributed by atoms with van der Waals surface area (Å²) >= 11 is 1.17. The van der Waals surface area contributed by atoms with Gasteiger partial charge in [0.05, 0.1) is 19.9 Å². The fourth-order valence-electron chi connectivity index (χ4n) is 2.16. The number of nitrogens with two attached hydrogens (primary N) is 1. The summed E-state index contributed by atoms with van der Waals surface area (Å²) < 4.78 is 10.5. The van der Waals surface area contributed by atoms with Crippen molar-refractivity contribution in [2.24, 2.45) is 0 Å². The Labute approximate surface area is 126 Å². The van der Waals surface area contributed by atoms with Crippen LogP contribution in [-0.4, -0.2) is 25.3 Å². The first-order valence-electron chi connectivity index (χ1n) is 6.39. The van der Waals surface area contributed by atoms with Crippen molar-refractivity contribution < 1.29 is 19.4 Å². The predicted molar refractivity (Wildman–Crippen MR) is 83.6 cm³/mol. The summed E-state index contributed by atoms with van der Waals surface area (Å²) in [6.07, 6.45) is 0.657. The molecule has 0 aliphatic heterocycles. The maximum Gasteiger partial charge on any atom is 0.348 e. The number of nitrogen functional groups attached to an aromatic ring is 1. The van der Waals surface area contributed by atoms with E-state index in [9.17, 15) is 9.90 Å². The Kier molecular flexibility index (Phi) is 4.37. The number of rotatable bonds is 5. The smallest absolute Gasteiger partial charge is 0.348 e. The molecule has 0 unspecified atom stereocenters. The van der Waals surface area contributed by atoms with Crippen LogP contribution in [0.5, 0.6) is 11.5 Å². The van der Waals surface area contributed by atoms with E-state index in [1.807, 2.05) is 19.1 Å². The number of anilines is 1. The van der Waals surface area contributed by atoms with Crippen LogP contribution in [0.15, 0.2) is 18.2 Å². The lowest BCUT2D eigenvalue weighted by Gasteiger charge is -2.09. The summed E-state index contributed by atoms with van der Waals surface area (Å²) in [7, 11) is 3.15. The van der Waals surface area contributed by atoms with Crippen LogP contribution in [0.4, 0.5) is 5.69 Å². The Morgan fingerprint density at radius 1 is 1.24 bits per heavy atom. The molecule has 112 valence electrons. The summed E-state index contributed by atoms with van der Waals surface area (Å²) in [6, 6.07) is 5.46. The van der Waals surface area contributed by atoms with Crippen LogP contribution in [0.1, 0.15) is 22.2 Å². The molecular formula is C15H17NO4S. The molecule has 0 amide bonds. The summed E-state index contributed by atoms with van der Waals surface area (Å²) in [4.78, 5) is 12.3. The molecule has 0 saturated carbocycles. The zero-order valence-electron chi connectivity index (χ0n) is 12.1. The molecule has 0 atom stereocenters. The van der Waals surface area contributed by atoms with Crippen molar-refractivity contribution in [1.82, 2.24) is 0 Å². The zero-order valence-corrected chi connectivity index (χ0v) is 12.9. The third-order valence-corrected chi connectivity index (χ3v) is 4.49. The molecule has 21 heavy (non-hydrogen) atoms. The normalized spacial score (nSPS) is 10.4. The first kappa shape index (κ1) is 15.2. The highest BCUT2D eigenvalue weighted by Gasteiger charge is 2.21. The maximum absolute atomic E-state index is 11.3. The molecule has 0 aliphatic rings. The van der Waals surface area contributed by atoms with Crippen molar-refractivity contribution in [3.05, 3.63) is 28.6 Å². The van der Waals surface area contributed by atoms with Crippen molar-refractivity contribution >= 4 is 23.0 Å². The third kappa shape index (κ3) is 2.80. The second-order valence-electron chi connectivity index (χ2n) is 4.41. The minimum atomic E-state index is -1.01. The van der Waals surface area contributed by atoms with E-state index in [4.69, 9.17) is 15.2 Å². The van der Waals surface area contributed by atoms with E-state index in [-0.39, 0.29) is 4.88 Å². The number of benzene rings is 1. The van der Waals surface area contributed by atoms with Gasteiger partial charge in [-0.2, -0.15) is 0 Å². The molecule has 0 aliphatic carbocycles. The lowest BCUT2D eigenvalue weighted by atomic mass is 10.1. The molecule has 2 rings (SSSR count). The zero-order chi connectivity index (χ0) is 15.6. The van der Waals surface area contributed by atoms with Crippen LogP contribution in [0.25, 0.3) is 10.4 Å². The number of carboxylic acids is 1. The van der Waals surface area contributed by atoms with Gasteiger partial charge in [0.1, 0.15) is 16.4 Å². The van der Waals surface area contributed by atoms with Gasteiger partial charge >= 0.3 is 5.97 Å². The van der Waals surface area contributed by atoms with Gasteiger partial charge in [0, 0.05) is 10.9 Å². The van der Waals surface area contributed by atoms with Crippen molar-refractivity contribution in [2.75, 3.05) is 20.0 Å². The van der Waals surface area contributed by atoms with E-state index >= 15 is 0 Å². The van der Waals surface area contributed by atoms with Crippen molar-refractivity contribution in [3.8, 4) is 21.9 Å². The second-order valence-corrected chi connectivity index (χ2v) is 5.43. The topological polar surface area (TPSA) is 81.8 Å². The number of methoxy groups -OCH3 is 2. The molecule has 0 radical (unpaired) electrons. The molecule has 6 heteroatoms.